The summed E-state index contributed by atoms with van der Waals surface area (Å²) in [7, 11) is 0. The zero-order valence-electron chi connectivity index (χ0n) is 13.0. The highest BCUT2D eigenvalue weighted by Crippen LogP contribution is 2.34. The minimum Gasteiger partial charge on any atom is -0.504 e. The van der Waals surface area contributed by atoms with Crippen molar-refractivity contribution >= 4 is 18.3 Å². The van der Waals surface area contributed by atoms with Gasteiger partial charge in [0.1, 0.15) is 11.5 Å². The largest absolute Gasteiger partial charge is 0.504 e. The van der Waals surface area contributed by atoms with Crippen LogP contribution in [0.4, 0.5) is 0 Å². The second-order valence-electron chi connectivity index (χ2n) is 5.37. The maximum absolute atomic E-state index is 11.3. The Labute approximate surface area is 134 Å². The molecule has 118 valence electrons. The molecule has 0 saturated carbocycles. The van der Waals surface area contributed by atoms with Gasteiger partial charge in [0.05, 0.1) is 6.61 Å². The van der Waals surface area contributed by atoms with E-state index in [1.54, 1.807) is 19.1 Å². The zero-order chi connectivity index (χ0) is 16.4. The van der Waals surface area contributed by atoms with Crippen LogP contribution in [0.15, 0.2) is 36.4 Å². The molecule has 3 rings (SSSR count). The van der Waals surface area contributed by atoms with Crippen LogP contribution in [0.25, 0.3) is 0 Å². The Morgan fingerprint density at radius 1 is 1.26 bits per heavy atom. The van der Waals surface area contributed by atoms with Crippen molar-refractivity contribution in [2.45, 2.75) is 26.8 Å². The maximum atomic E-state index is 11.3. The molecule has 0 aliphatic carbocycles. The van der Waals surface area contributed by atoms with Crippen LogP contribution >= 0.6 is 0 Å². The number of benzene rings is 2. The summed E-state index contributed by atoms with van der Waals surface area (Å²) >= 11 is 0. The molecule has 0 bridgehead atoms. The van der Waals surface area contributed by atoms with Crippen LogP contribution in [0.5, 0.6) is 23.0 Å². The van der Waals surface area contributed by atoms with Crippen LogP contribution in [0.2, 0.25) is 6.82 Å². The molecular formula is C17H17BO5. The summed E-state index contributed by atoms with van der Waals surface area (Å²) in [4.78, 5) is 11.3. The topological polar surface area (TPSA) is 65.0 Å². The Kier molecular flexibility index (Phi) is 4.25. The number of aromatic hydroxyl groups is 1. The molecule has 6 heteroatoms. The second kappa shape index (κ2) is 6.34. The number of carbonyl (C=O) groups is 1. The van der Waals surface area contributed by atoms with Crippen molar-refractivity contribution in [3.05, 3.63) is 42.0 Å². The lowest BCUT2D eigenvalue weighted by Crippen LogP contribution is -2.23. The second-order valence-corrected chi connectivity index (χ2v) is 5.37. The number of phenolic OH excluding ortho intramolecular Hbond substituents is 1. The van der Waals surface area contributed by atoms with E-state index in [9.17, 15) is 9.90 Å². The van der Waals surface area contributed by atoms with Crippen LogP contribution < -0.4 is 14.9 Å². The van der Waals surface area contributed by atoms with Crippen LogP contribution in [0.3, 0.4) is 0 Å². The molecule has 0 amide bonds. The van der Waals surface area contributed by atoms with Gasteiger partial charge in [0, 0.05) is 12.5 Å². The minimum atomic E-state index is -0.356. The van der Waals surface area contributed by atoms with E-state index >= 15 is 0 Å². The lowest BCUT2D eigenvalue weighted by atomic mass is 9.64. The van der Waals surface area contributed by atoms with Crippen LogP contribution in [0, 0.1) is 0 Å². The van der Waals surface area contributed by atoms with Crippen molar-refractivity contribution in [1.82, 2.24) is 0 Å². The molecule has 5 nitrogen and oxygen atoms in total. The van der Waals surface area contributed by atoms with Gasteiger partial charge in [0.15, 0.2) is 11.5 Å². The molecule has 0 aromatic heterocycles. The highest BCUT2D eigenvalue weighted by molar-refractivity contribution is 6.67. The van der Waals surface area contributed by atoms with Gasteiger partial charge in [-0.25, -0.2) is 0 Å². The van der Waals surface area contributed by atoms with Crippen molar-refractivity contribution in [2.24, 2.45) is 0 Å². The molecule has 2 aromatic rings. The van der Waals surface area contributed by atoms with E-state index in [4.69, 9.17) is 14.1 Å². The molecule has 1 N–H and O–H groups in total. The third-order valence-electron chi connectivity index (χ3n) is 3.72. The zero-order valence-corrected chi connectivity index (χ0v) is 13.0. The number of fused-ring (bicyclic) bond motifs is 1. The predicted octanol–water partition coefficient (Wildman–Crippen LogP) is 2.86. The molecule has 0 spiro atoms. The normalized spacial score (nSPS) is 12.9. The van der Waals surface area contributed by atoms with E-state index in [0.717, 1.165) is 11.0 Å². The predicted molar refractivity (Wildman–Crippen MR) is 86.6 cm³/mol. The minimum absolute atomic E-state index is 0.0866. The van der Waals surface area contributed by atoms with Gasteiger partial charge in [0.25, 0.3) is 0 Å². The molecule has 1 aliphatic rings. The highest BCUT2D eigenvalue weighted by Gasteiger charge is 2.23. The summed E-state index contributed by atoms with van der Waals surface area (Å²) in [5.74, 6) is 0.767. The van der Waals surface area contributed by atoms with Gasteiger partial charge >= 0.3 is 12.9 Å². The van der Waals surface area contributed by atoms with Crippen molar-refractivity contribution in [3.8, 4) is 23.0 Å². The summed E-state index contributed by atoms with van der Waals surface area (Å²) in [5.41, 5.74) is 2.24. The molecule has 0 fully saturated rings. The standard InChI is InChI=1S/C17H17BO5/c1-3-17(20)23-13-5-7-16(15(19)9-13)22-12-4-6-14-11(8-12)10-21-18(14)2/h4-9,19H,3,10H2,1-2H3. The lowest BCUT2D eigenvalue weighted by Gasteiger charge is -2.10. The van der Waals surface area contributed by atoms with Gasteiger partial charge in [-0.2, -0.15) is 0 Å². The molecule has 0 unspecified atom stereocenters. The Hall–Kier alpha value is -2.47. The summed E-state index contributed by atoms with van der Waals surface area (Å²) in [6.45, 7) is 4.37. The summed E-state index contributed by atoms with van der Waals surface area (Å²) in [5, 5.41) is 10.0. The smallest absolute Gasteiger partial charge is 0.324 e. The fraction of sp³-hybridized carbons (Fsp3) is 0.235. The SMILES string of the molecule is CCC(=O)Oc1ccc(Oc2ccc3c(c2)COB3C)c(O)c1. The molecule has 0 atom stereocenters. The van der Waals surface area contributed by atoms with Gasteiger partial charge in [-0.3, -0.25) is 4.79 Å². The molecule has 1 heterocycles. The number of ether oxygens (including phenoxy) is 2. The first kappa shape index (κ1) is 15.4. The van der Waals surface area contributed by atoms with Crippen molar-refractivity contribution in [2.75, 3.05) is 0 Å². The number of esters is 1. The van der Waals surface area contributed by atoms with E-state index in [-0.39, 0.29) is 30.8 Å². The van der Waals surface area contributed by atoms with Crippen molar-refractivity contribution in [1.29, 1.82) is 0 Å². The van der Waals surface area contributed by atoms with Crippen LogP contribution in [-0.4, -0.2) is 18.0 Å². The Morgan fingerprint density at radius 2 is 2.04 bits per heavy atom. The Balaban J connectivity index is 1.77. The van der Waals surface area contributed by atoms with Gasteiger partial charge in [-0.1, -0.05) is 19.8 Å². The molecule has 23 heavy (non-hydrogen) atoms. The van der Waals surface area contributed by atoms with Crippen molar-refractivity contribution in [3.63, 3.8) is 0 Å². The maximum Gasteiger partial charge on any atom is 0.324 e. The molecule has 2 aromatic carbocycles. The Morgan fingerprint density at radius 3 is 2.78 bits per heavy atom. The molecule has 0 radical (unpaired) electrons. The first-order valence-electron chi connectivity index (χ1n) is 7.52. The summed E-state index contributed by atoms with van der Waals surface area (Å²) < 4.78 is 16.3. The summed E-state index contributed by atoms with van der Waals surface area (Å²) in [6.07, 6.45) is 0.272. The highest BCUT2D eigenvalue weighted by atomic mass is 16.5. The fourth-order valence-corrected chi connectivity index (χ4v) is 2.45. The van der Waals surface area contributed by atoms with Gasteiger partial charge < -0.3 is 19.2 Å². The van der Waals surface area contributed by atoms with Crippen LogP contribution in [0.1, 0.15) is 18.9 Å². The number of hydrogen-bond acceptors (Lipinski definition) is 5. The van der Waals surface area contributed by atoms with Crippen molar-refractivity contribution < 1.29 is 24.0 Å². The lowest BCUT2D eigenvalue weighted by molar-refractivity contribution is -0.134. The molecule has 0 saturated heterocycles. The van der Waals surface area contributed by atoms with Gasteiger partial charge in [-0.15, -0.1) is 0 Å². The number of rotatable bonds is 4. The summed E-state index contributed by atoms with van der Waals surface area (Å²) in [6, 6.07) is 10.2. The van der Waals surface area contributed by atoms with Gasteiger partial charge in [-0.05, 0) is 35.3 Å². The van der Waals surface area contributed by atoms with Gasteiger partial charge in [0.2, 0.25) is 0 Å². The quantitative estimate of drug-likeness (QED) is 0.534. The fourth-order valence-electron chi connectivity index (χ4n) is 2.45. The first-order valence-corrected chi connectivity index (χ1v) is 7.52. The Bertz CT molecular complexity index is 744. The number of hydrogen-bond donors (Lipinski definition) is 1. The average Bonchev–Trinajstić information content (AvgIpc) is 2.91. The third-order valence-corrected chi connectivity index (χ3v) is 3.72. The number of phenols is 1. The van der Waals surface area contributed by atoms with E-state index in [0.29, 0.717) is 18.1 Å². The van der Waals surface area contributed by atoms with E-state index in [2.05, 4.69) is 0 Å². The van der Waals surface area contributed by atoms with Crippen LogP contribution in [-0.2, 0) is 16.1 Å². The van der Waals surface area contributed by atoms with E-state index in [1.165, 1.54) is 6.07 Å². The number of carbonyl (C=O) groups excluding carboxylic acids is 1. The van der Waals surface area contributed by atoms with E-state index in [1.807, 2.05) is 25.0 Å². The average molecular weight is 312 g/mol. The molecular weight excluding hydrogens is 295 g/mol. The molecule has 1 aliphatic heterocycles. The third kappa shape index (κ3) is 3.32. The monoisotopic (exact) mass is 312 g/mol. The first-order chi connectivity index (χ1) is 11.1. The van der Waals surface area contributed by atoms with E-state index < -0.39 is 0 Å².